The Morgan fingerprint density at radius 1 is 1.00 bits per heavy atom. The van der Waals surface area contributed by atoms with Crippen molar-refractivity contribution in [2.75, 3.05) is 44.6 Å². The van der Waals surface area contributed by atoms with E-state index in [4.69, 9.17) is 0 Å². The van der Waals surface area contributed by atoms with Gasteiger partial charge in [-0.3, -0.25) is 14.5 Å². The lowest BCUT2D eigenvalue weighted by molar-refractivity contribution is -0.130. The zero-order valence-electron chi connectivity index (χ0n) is 20.6. The molecule has 4 rings (SSSR count). The van der Waals surface area contributed by atoms with Crippen molar-refractivity contribution in [3.05, 3.63) is 66.0 Å². The molecule has 0 radical (unpaired) electrons. The van der Waals surface area contributed by atoms with Gasteiger partial charge in [0.15, 0.2) is 0 Å². The number of benzene rings is 2. The summed E-state index contributed by atoms with van der Waals surface area (Å²) >= 11 is 0. The van der Waals surface area contributed by atoms with E-state index in [1.165, 1.54) is 24.1 Å². The Kier molecular flexibility index (Phi) is 8.88. The molecule has 0 bridgehead atoms. The third-order valence-corrected chi connectivity index (χ3v) is 7.36. The number of hydrogen-bond donors (Lipinski definition) is 2. The Bertz CT molecular complexity index is 969. The fourth-order valence-corrected chi connectivity index (χ4v) is 5.37. The second kappa shape index (κ2) is 12.3. The summed E-state index contributed by atoms with van der Waals surface area (Å²) in [5.74, 6) is -0.962. The molecule has 0 saturated carbocycles. The molecule has 1 unspecified atom stereocenters. The number of anilines is 1. The van der Waals surface area contributed by atoms with Crippen LogP contribution >= 0.6 is 0 Å². The maximum Gasteiger partial charge on any atom is 0.228 e. The fourth-order valence-electron chi connectivity index (χ4n) is 5.37. The van der Waals surface area contributed by atoms with E-state index in [-0.39, 0.29) is 29.5 Å². The van der Waals surface area contributed by atoms with Gasteiger partial charge in [-0.1, -0.05) is 37.3 Å². The number of likely N-dealkylation sites (tertiary alicyclic amines) is 2. The van der Waals surface area contributed by atoms with Crippen LogP contribution in [0.4, 0.5) is 10.1 Å². The zero-order chi connectivity index (χ0) is 24.6. The minimum absolute atomic E-state index is 0.0388. The van der Waals surface area contributed by atoms with Crippen molar-refractivity contribution in [1.82, 2.24) is 15.1 Å². The van der Waals surface area contributed by atoms with Gasteiger partial charge in [-0.15, -0.1) is 0 Å². The molecular formula is C28H37FN4O2. The number of amides is 2. The molecule has 188 valence electrons. The second-order valence-corrected chi connectivity index (χ2v) is 9.79. The van der Waals surface area contributed by atoms with Crippen LogP contribution in [0.2, 0.25) is 0 Å². The van der Waals surface area contributed by atoms with E-state index >= 15 is 0 Å². The number of carbonyl (C=O) groups excluding carboxylic acids is 2. The van der Waals surface area contributed by atoms with Crippen LogP contribution in [-0.4, -0.2) is 66.9 Å². The van der Waals surface area contributed by atoms with Gasteiger partial charge in [0.2, 0.25) is 11.8 Å². The molecule has 2 aromatic carbocycles. The average molecular weight is 481 g/mol. The largest absolute Gasteiger partial charge is 0.354 e. The summed E-state index contributed by atoms with van der Waals surface area (Å²) in [7, 11) is 0. The highest BCUT2D eigenvalue weighted by molar-refractivity contribution is 5.93. The molecule has 0 spiro atoms. The van der Waals surface area contributed by atoms with Crippen molar-refractivity contribution in [2.45, 2.75) is 38.6 Å². The third kappa shape index (κ3) is 7.12. The standard InChI is InChI=1S/C28H37FN4O2/c1-2-33-15-6-9-26(33)18-30-27(34)22-17-23(28(35)31-25-12-10-24(29)11-13-25)20-32(19-22)16-14-21-7-4-3-5-8-21/h3-5,7-8,10-13,22-23,26H,2,6,9,14-20H2,1H3,(H,30,34)(H,31,35)/t22-,23+,26?/m0/s1. The third-order valence-electron chi connectivity index (χ3n) is 7.36. The maximum atomic E-state index is 13.3. The smallest absolute Gasteiger partial charge is 0.228 e. The highest BCUT2D eigenvalue weighted by Crippen LogP contribution is 2.25. The molecule has 2 amide bonds. The Morgan fingerprint density at radius 2 is 1.71 bits per heavy atom. The van der Waals surface area contributed by atoms with Gasteiger partial charge < -0.3 is 15.5 Å². The van der Waals surface area contributed by atoms with E-state index in [0.29, 0.717) is 37.8 Å². The van der Waals surface area contributed by atoms with Gasteiger partial charge in [-0.2, -0.15) is 0 Å². The highest BCUT2D eigenvalue weighted by Gasteiger charge is 2.35. The van der Waals surface area contributed by atoms with Crippen LogP contribution in [0.5, 0.6) is 0 Å². The quantitative estimate of drug-likeness (QED) is 0.576. The summed E-state index contributed by atoms with van der Waals surface area (Å²) in [6.07, 6.45) is 3.68. The lowest BCUT2D eigenvalue weighted by Gasteiger charge is -2.37. The molecule has 2 fully saturated rings. The number of halogens is 1. The van der Waals surface area contributed by atoms with Gasteiger partial charge in [-0.25, -0.2) is 4.39 Å². The van der Waals surface area contributed by atoms with E-state index in [1.807, 2.05) is 18.2 Å². The molecular weight excluding hydrogens is 443 g/mol. The molecule has 7 heteroatoms. The molecule has 2 saturated heterocycles. The Morgan fingerprint density at radius 3 is 2.43 bits per heavy atom. The van der Waals surface area contributed by atoms with E-state index in [1.54, 1.807) is 12.1 Å². The second-order valence-electron chi connectivity index (χ2n) is 9.79. The molecule has 2 heterocycles. The fraction of sp³-hybridized carbons (Fsp3) is 0.500. The van der Waals surface area contributed by atoms with Crippen molar-refractivity contribution in [3.63, 3.8) is 0 Å². The van der Waals surface area contributed by atoms with E-state index in [9.17, 15) is 14.0 Å². The summed E-state index contributed by atoms with van der Waals surface area (Å²) in [5.41, 5.74) is 1.81. The first-order valence-corrected chi connectivity index (χ1v) is 12.9. The van der Waals surface area contributed by atoms with Gasteiger partial charge >= 0.3 is 0 Å². The highest BCUT2D eigenvalue weighted by atomic mass is 19.1. The number of likely N-dealkylation sites (N-methyl/N-ethyl adjacent to an activating group) is 1. The van der Waals surface area contributed by atoms with Gasteiger partial charge in [0.1, 0.15) is 5.82 Å². The summed E-state index contributed by atoms with van der Waals surface area (Å²) in [6.45, 7) is 6.98. The Balaban J connectivity index is 1.39. The predicted molar refractivity (Wildman–Crippen MR) is 136 cm³/mol. The monoisotopic (exact) mass is 480 g/mol. The minimum atomic E-state index is -0.339. The molecule has 35 heavy (non-hydrogen) atoms. The van der Waals surface area contributed by atoms with E-state index in [2.05, 4.69) is 39.5 Å². The molecule has 3 atom stereocenters. The molecule has 0 aromatic heterocycles. The number of rotatable bonds is 9. The van der Waals surface area contributed by atoms with Gasteiger partial charge in [0.05, 0.1) is 11.8 Å². The van der Waals surface area contributed by atoms with Crippen molar-refractivity contribution < 1.29 is 14.0 Å². The van der Waals surface area contributed by atoms with Crippen LogP contribution in [0.25, 0.3) is 0 Å². The first-order chi connectivity index (χ1) is 17.0. The molecule has 2 aliphatic rings. The van der Waals surface area contributed by atoms with Gasteiger partial charge in [0, 0.05) is 37.9 Å². The van der Waals surface area contributed by atoms with Crippen molar-refractivity contribution in [1.29, 1.82) is 0 Å². The summed E-state index contributed by atoms with van der Waals surface area (Å²) in [4.78, 5) is 31.0. The lowest BCUT2D eigenvalue weighted by atomic mass is 9.87. The zero-order valence-corrected chi connectivity index (χ0v) is 20.6. The SMILES string of the molecule is CCN1CCCC1CNC(=O)[C@H]1C[C@@H](C(=O)Nc2ccc(F)cc2)CN(CCc2ccccc2)C1. The van der Waals surface area contributed by atoms with Crippen molar-refractivity contribution in [2.24, 2.45) is 11.8 Å². The van der Waals surface area contributed by atoms with Crippen LogP contribution in [-0.2, 0) is 16.0 Å². The van der Waals surface area contributed by atoms with Crippen LogP contribution in [0.1, 0.15) is 31.7 Å². The molecule has 6 nitrogen and oxygen atoms in total. The molecule has 2 aromatic rings. The van der Waals surface area contributed by atoms with Crippen LogP contribution in [0.3, 0.4) is 0 Å². The topological polar surface area (TPSA) is 64.7 Å². The first kappa shape index (κ1) is 25.3. The molecule has 2 N–H and O–H groups in total. The van der Waals surface area contributed by atoms with E-state index < -0.39 is 0 Å². The van der Waals surface area contributed by atoms with Gasteiger partial charge in [-0.05, 0) is 68.6 Å². The Hall–Kier alpha value is -2.77. The first-order valence-electron chi connectivity index (χ1n) is 12.9. The lowest BCUT2D eigenvalue weighted by Crippen LogP contribution is -2.51. The predicted octanol–water partition coefficient (Wildman–Crippen LogP) is 3.55. The summed E-state index contributed by atoms with van der Waals surface area (Å²) < 4.78 is 13.3. The van der Waals surface area contributed by atoms with Gasteiger partial charge in [0.25, 0.3) is 0 Å². The average Bonchev–Trinajstić information content (AvgIpc) is 3.35. The molecule has 2 aliphatic heterocycles. The maximum absolute atomic E-state index is 13.3. The van der Waals surface area contributed by atoms with E-state index in [0.717, 1.165) is 32.5 Å². The Labute approximate surface area is 207 Å². The number of piperidine rings is 1. The van der Waals surface area contributed by atoms with Crippen molar-refractivity contribution in [3.8, 4) is 0 Å². The number of nitrogens with zero attached hydrogens (tertiary/aromatic N) is 2. The normalized spacial score (nSPS) is 23.2. The van der Waals surface area contributed by atoms with Crippen LogP contribution < -0.4 is 10.6 Å². The summed E-state index contributed by atoms with van der Waals surface area (Å²) in [5, 5.41) is 6.10. The van der Waals surface area contributed by atoms with Crippen LogP contribution in [0.15, 0.2) is 54.6 Å². The van der Waals surface area contributed by atoms with Crippen LogP contribution in [0, 0.1) is 17.7 Å². The number of carbonyl (C=O) groups is 2. The molecule has 0 aliphatic carbocycles. The number of hydrogen-bond acceptors (Lipinski definition) is 4. The summed E-state index contributed by atoms with van der Waals surface area (Å²) in [6, 6.07) is 16.5. The van der Waals surface area contributed by atoms with Crippen molar-refractivity contribution >= 4 is 17.5 Å². The number of nitrogens with one attached hydrogen (secondary N) is 2. The minimum Gasteiger partial charge on any atom is -0.354 e.